The van der Waals surface area contributed by atoms with Crippen LogP contribution in [0.3, 0.4) is 0 Å². The molecule has 0 radical (unpaired) electrons. The highest BCUT2D eigenvalue weighted by atomic mass is 35.5. The molecule has 0 saturated carbocycles. The lowest BCUT2D eigenvalue weighted by Crippen LogP contribution is -2.23. The molecule has 3 rings (SSSR count). The number of hydrogen-bond acceptors (Lipinski definition) is 5. The molecule has 6 nitrogen and oxygen atoms in total. The Balaban J connectivity index is 1.65. The van der Waals surface area contributed by atoms with Crippen molar-refractivity contribution in [3.63, 3.8) is 0 Å². The molecule has 2 N–H and O–H groups in total. The Hall–Kier alpha value is -2.63. The van der Waals surface area contributed by atoms with Crippen LogP contribution in [0.25, 0.3) is 0 Å². The van der Waals surface area contributed by atoms with Gasteiger partial charge in [-0.3, -0.25) is 9.52 Å². The second kappa shape index (κ2) is 8.62. The van der Waals surface area contributed by atoms with E-state index in [0.29, 0.717) is 4.34 Å². The lowest BCUT2D eigenvalue weighted by molar-refractivity contribution is -0.137. The standard InChI is InChI=1S/C18H13ClF3N3O3S2/c19-15-10-24-17(29-15)25-30(27,28)14-6-4-12(5-7-14)16(26)23-9-11-2-1-3-13(8-11)18(20,21)22/h1-8,10H,9H2,(H,23,26)(H,24,25). The summed E-state index contributed by atoms with van der Waals surface area (Å²) in [4.78, 5) is 15.9. The highest BCUT2D eigenvalue weighted by Crippen LogP contribution is 2.29. The summed E-state index contributed by atoms with van der Waals surface area (Å²) >= 11 is 6.67. The minimum atomic E-state index is -4.47. The summed E-state index contributed by atoms with van der Waals surface area (Å²) in [5.41, 5.74) is -0.375. The van der Waals surface area contributed by atoms with E-state index in [9.17, 15) is 26.4 Å². The molecule has 0 bridgehead atoms. The van der Waals surface area contributed by atoms with E-state index in [2.05, 4.69) is 15.0 Å². The third-order valence-corrected chi connectivity index (χ3v) is 6.35. The maximum atomic E-state index is 12.8. The maximum absolute atomic E-state index is 12.8. The molecule has 1 heterocycles. The fraction of sp³-hybridized carbons (Fsp3) is 0.111. The van der Waals surface area contributed by atoms with E-state index in [4.69, 9.17) is 11.6 Å². The van der Waals surface area contributed by atoms with Crippen LogP contribution in [0.2, 0.25) is 4.34 Å². The van der Waals surface area contributed by atoms with Crippen molar-refractivity contribution in [2.24, 2.45) is 0 Å². The second-order valence-electron chi connectivity index (χ2n) is 5.98. The summed E-state index contributed by atoms with van der Waals surface area (Å²) in [6.07, 6.45) is -3.17. The van der Waals surface area contributed by atoms with Crippen molar-refractivity contribution in [2.45, 2.75) is 17.6 Å². The molecule has 0 aliphatic heterocycles. The largest absolute Gasteiger partial charge is 0.416 e. The Morgan fingerprint density at radius 2 is 1.83 bits per heavy atom. The SMILES string of the molecule is O=C(NCc1cccc(C(F)(F)F)c1)c1ccc(S(=O)(=O)Nc2ncc(Cl)s2)cc1. The van der Waals surface area contributed by atoms with Gasteiger partial charge >= 0.3 is 6.18 Å². The van der Waals surface area contributed by atoms with Gasteiger partial charge in [-0.1, -0.05) is 35.1 Å². The topological polar surface area (TPSA) is 88.2 Å². The molecule has 12 heteroatoms. The molecule has 0 fully saturated rings. The van der Waals surface area contributed by atoms with E-state index >= 15 is 0 Å². The van der Waals surface area contributed by atoms with Crippen molar-refractivity contribution >= 4 is 44.0 Å². The number of rotatable bonds is 6. The predicted octanol–water partition coefficient (Wildman–Crippen LogP) is 4.55. The number of thiazole rings is 1. The quantitative estimate of drug-likeness (QED) is 0.547. The van der Waals surface area contributed by atoms with E-state index < -0.39 is 27.7 Å². The van der Waals surface area contributed by atoms with Crippen LogP contribution in [0.15, 0.2) is 59.6 Å². The van der Waals surface area contributed by atoms with E-state index in [1.807, 2.05) is 0 Å². The van der Waals surface area contributed by atoms with Crippen LogP contribution >= 0.6 is 22.9 Å². The molecule has 158 valence electrons. The van der Waals surface area contributed by atoms with E-state index in [0.717, 1.165) is 23.5 Å². The van der Waals surface area contributed by atoms with Crippen LogP contribution < -0.4 is 10.0 Å². The molecule has 0 atom stereocenters. The van der Waals surface area contributed by atoms with Gasteiger partial charge in [0.05, 0.1) is 16.7 Å². The average Bonchev–Trinajstić information content (AvgIpc) is 3.09. The number of carbonyl (C=O) groups excluding carboxylic acids is 1. The molecule has 30 heavy (non-hydrogen) atoms. The number of hydrogen-bond donors (Lipinski definition) is 2. The van der Waals surface area contributed by atoms with Gasteiger partial charge < -0.3 is 5.32 Å². The Morgan fingerprint density at radius 1 is 1.13 bits per heavy atom. The van der Waals surface area contributed by atoms with Crippen molar-refractivity contribution in [1.82, 2.24) is 10.3 Å². The van der Waals surface area contributed by atoms with E-state index in [1.54, 1.807) is 0 Å². The van der Waals surface area contributed by atoms with Crippen LogP contribution in [0.1, 0.15) is 21.5 Å². The first-order valence-corrected chi connectivity index (χ1v) is 10.9. The van der Waals surface area contributed by atoms with Gasteiger partial charge in [-0.25, -0.2) is 13.4 Å². The van der Waals surface area contributed by atoms with E-state index in [-0.39, 0.29) is 27.7 Å². The number of sulfonamides is 1. The Morgan fingerprint density at radius 3 is 2.43 bits per heavy atom. The van der Waals surface area contributed by atoms with Gasteiger partial charge in [0.15, 0.2) is 5.13 Å². The van der Waals surface area contributed by atoms with Gasteiger partial charge in [0.2, 0.25) is 0 Å². The van der Waals surface area contributed by atoms with Gasteiger partial charge in [-0.15, -0.1) is 0 Å². The Bertz CT molecular complexity index is 1160. The zero-order valence-electron chi connectivity index (χ0n) is 14.9. The fourth-order valence-electron chi connectivity index (χ4n) is 2.40. The summed E-state index contributed by atoms with van der Waals surface area (Å²) in [5.74, 6) is -0.559. The smallest absolute Gasteiger partial charge is 0.348 e. The number of anilines is 1. The third kappa shape index (κ3) is 5.49. The lowest BCUT2D eigenvalue weighted by Gasteiger charge is -2.10. The molecule has 3 aromatic rings. The molecule has 0 unspecified atom stereocenters. The highest BCUT2D eigenvalue weighted by molar-refractivity contribution is 7.93. The predicted molar refractivity (Wildman–Crippen MR) is 107 cm³/mol. The number of halogens is 4. The lowest BCUT2D eigenvalue weighted by atomic mass is 10.1. The molecule has 0 aliphatic rings. The summed E-state index contributed by atoms with van der Waals surface area (Å²) in [6, 6.07) is 9.67. The maximum Gasteiger partial charge on any atom is 0.416 e. The number of benzene rings is 2. The first kappa shape index (κ1) is 22.1. The molecular weight excluding hydrogens is 463 g/mol. The zero-order chi connectivity index (χ0) is 21.9. The van der Waals surface area contributed by atoms with Crippen LogP contribution in [0.5, 0.6) is 0 Å². The summed E-state index contributed by atoms with van der Waals surface area (Å²) in [7, 11) is -3.92. The van der Waals surface area contributed by atoms with Crippen LogP contribution in [0, 0.1) is 0 Å². The Labute approximate surface area is 178 Å². The first-order chi connectivity index (χ1) is 14.0. The molecule has 0 aliphatic carbocycles. The number of nitrogens with zero attached hydrogens (tertiary/aromatic N) is 1. The van der Waals surface area contributed by atoms with Crippen molar-refractivity contribution in [2.75, 3.05) is 4.72 Å². The Kier molecular flexibility index (Phi) is 6.34. The molecule has 1 aromatic heterocycles. The zero-order valence-corrected chi connectivity index (χ0v) is 17.3. The summed E-state index contributed by atoms with van der Waals surface area (Å²) in [5, 5.41) is 2.60. The molecule has 0 spiro atoms. The van der Waals surface area contributed by atoms with Crippen molar-refractivity contribution in [3.8, 4) is 0 Å². The number of carbonyl (C=O) groups is 1. The number of amides is 1. The van der Waals surface area contributed by atoms with Crippen LogP contribution in [-0.2, 0) is 22.7 Å². The molecular formula is C18H13ClF3N3O3S2. The highest BCUT2D eigenvalue weighted by Gasteiger charge is 2.30. The minimum absolute atomic E-state index is 0.0942. The summed E-state index contributed by atoms with van der Waals surface area (Å²) < 4.78 is 65.5. The van der Waals surface area contributed by atoms with Crippen LogP contribution in [-0.4, -0.2) is 19.3 Å². The van der Waals surface area contributed by atoms with Crippen molar-refractivity contribution in [1.29, 1.82) is 0 Å². The molecule has 2 aromatic carbocycles. The minimum Gasteiger partial charge on any atom is -0.348 e. The van der Waals surface area contributed by atoms with Gasteiger partial charge in [-0.05, 0) is 42.0 Å². The summed E-state index contributed by atoms with van der Waals surface area (Å²) in [6.45, 7) is -0.116. The molecule has 0 saturated heterocycles. The average molecular weight is 476 g/mol. The van der Waals surface area contributed by atoms with Gasteiger partial charge in [-0.2, -0.15) is 13.2 Å². The van der Waals surface area contributed by atoms with Crippen molar-refractivity contribution < 1.29 is 26.4 Å². The number of alkyl halides is 3. The van der Waals surface area contributed by atoms with Crippen LogP contribution in [0.4, 0.5) is 18.3 Å². The second-order valence-corrected chi connectivity index (χ2v) is 9.32. The van der Waals surface area contributed by atoms with Crippen molar-refractivity contribution in [3.05, 3.63) is 75.8 Å². The van der Waals surface area contributed by atoms with Gasteiger partial charge in [0.25, 0.3) is 15.9 Å². The fourth-order valence-corrected chi connectivity index (χ4v) is 4.46. The number of aromatic nitrogens is 1. The van der Waals surface area contributed by atoms with Gasteiger partial charge in [0, 0.05) is 12.1 Å². The third-order valence-electron chi connectivity index (χ3n) is 3.83. The van der Waals surface area contributed by atoms with Gasteiger partial charge in [0.1, 0.15) is 4.34 Å². The molecule has 1 amide bonds. The normalized spacial score (nSPS) is 11.9. The number of nitrogens with one attached hydrogen (secondary N) is 2. The van der Waals surface area contributed by atoms with E-state index in [1.165, 1.54) is 42.6 Å². The monoisotopic (exact) mass is 475 g/mol. The first-order valence-electron chi connectivity index (χ1n) is 8.23.